The largest absolute Gasteiger partial charge is 0.470 e. The Morgan fingerprint density at radius 2 is 2.09 bits per heavy atom. The van der Waals surface area contributed by atoms with Crippen molar-refractivity contribution < 1.29 is 18.3 Å². The zero-order valence-corrected chi connectivity index (χ0v) is 12.1. The molecular weight excluding hydrogens is 314 g/mol. The van der Waals surface area contributed by atoms with Crippen molar-refractivity contribution in [2.75, 3.05) is 13.1 Å². The number of hydrogen-bond acceptors (Lipinski definition) is 3. The molecule has 0 bridgehead atoms. The van der Waals surface area contributed by atoms with Crippen molar-refractivity contribution in [2.24, 2.45) is 0 Å². The van der Waals surface area contributed by atoms with Gasteiger partial charge >= 0.3 is 0 Å². The zero-order chi connectivity index (χ0) is 15.7. The second-order valence-electron chi connectivity index (χ2n) is 4.86. The van der Waals surface area contributed by atoms with Crippen molar-refractivity contribution in [1.82, 2.24) is 9.88 Å². The number of amides is 1. The zero-order valence-electron chi connectivity index (χ0n) is 11.3. The number of benzene rings is 1. The maximum atomic E-state index is 13.6. The number of hydrogen-bond donors (Lipinski definition) is 0. The minimum Gasteiger partial charge on any atom is -0.470 e. The predicted octanol–water partition coefficient (Wildman–Crippen LogP) is 2.92. The summed E-state index contributed by atoms with van der Waals surface area (Å²) in [5.41, 5.74) is -0.157. The van der Waals surface area contributed by atoms with Gasteiger partial charge < -0.3 is 9.64 Å². The van der Waals surface area contributed by atoms with Crippen LogP contribution in [0.2, 0.25) is 5.02 Å². The van der Waals surface area contributed by atoms with E-state index < -0.39 is 17.5 Å². The van der Waals surface area contributed by atoms with E-state index in [1.165, 1.54) is 4.90 Å². The minimum absolute atomic E-state index is 0.157. The van der Waals surface area contributed by atoms with Gasteiger partial charge in [0.1, 0.15) is 22.8 Å². The van der Waals surface area contributed by atoms with Crippen molar-refractivity contribution in [2.45, 2.75) is 6.10 Å². The number of pyridine rings is 1. The van der Waals surface area contributed by atoms with Crippen LogP contribution in [-0.4, -0.2) is 35.0 Å². The molecule has 4 nitrogen and oxygen atoms in total. The summed E-state index contributed by atoms with van der Waals surface area (Å²) in [5.74, 6) is -1.79. The van der Waals surface area contributed by atoms with Crippen LogP contribution in [0.5, 0.6) is 5.88 Å². The molecular formula is C15H11ClF2N2O2. The van der Waals surface area contributed by atoms with E-state index in [1.807, 2.05) is 0 Å². The number of halogens is 3. The Labute approximate surface area is 130 Å². The Morgan fingerprint density at radius 3 is 2.77 bits per heavy atom. The fraction of sp³-hybridized carbons (Fsp3) is 0.200. The van der Waals surface area contributed by atoms with E-state index in [1.54, 1.807) is 18.3 Å². The number of nitrogens with zero attached hydrogens (tertiary/aromatic N) is 2. The van der Waals surface area contributed by atoms with E-state index in [-0.39, 0.29) is 11.7 Å². The molecule has 114 valence electrons. The normalized spacial score (nSPS) is 14.6. The molecule has 1 aromatic heterocycles. The van der Waals surface area contributed by atoms with Crippen LogP contribution in [0.15, 0.2) is 36.5 Å². The van der Waals surface area contributed by atoms with Gasteiger partial charge in [0.25, 0.3) is 5.91 Å². The molecule has 0 unspecified atom stereocenters. The molecule has 1 saturated heterocycles. The Hall–Kier alpha value is -2.21. The molecule has 1 amide bonds. The number of rotatable bonds is 3. The van der Waals surface area contributed by atoms with Crippen LogP contribution in [0.25, 0.3) is 0 Å². The summed E-state index contributed by atoms with van der Waals surface area (Å²) in [7, 11) is 0. The van der Waals surface area contributed by atoms with E-state index in [0.29, 0.717) is 30.1 Å². The first-order chi connectivity index (χ1) is 10.5. The number of aromatic nitrogens is 1. The van der Waals surface area contributed by atoms with E-state index in [4.69, 9.17) is 16.3 Å². The molecule has 0 aliphatic carbocycles. The summed E-state index contributed by atoms with van der Waals surface area (Å²) in [5, 5.41) is 0.386. The predicted molar refractivity (Wildman–Crippen MR) is 75.9 cm³/mol. The van der Waals surface area contributed by atoms with Crippen LogP contribution < -0.4 is 4.74 Å². The third-order valence-corrected chi connectivity index (χ3v) is 3.59. The molecule has 0 atom stereocenters. The molecule has 0 N–H and O–H groups in total. The average molecular weight is 325 g/mol. The molecule has 3 rings (SSSR count). The van der Waals surface area contributed by atoms with Gasteiger partial charge in [0.05, 0.1) is 18.7 Å². The van der Waals surface area contributed by atoms with Gasteiger partial charge in [-0.25, -0.2) is 13.8 Å². The van der Waals surface area contributed by atoms with Crippen LogP contribution >= 0.6 is 11.6 Å². The van der Waals surface area contributed by atoms with E-state index >= 15 is 0 Å². The van der Waals surface area contributed by atoms with E-state index in [2.05, 4.69) is 4.98 Å². The maximum absolute atomic E-state index is 13.6. The molecule has 1 aliphatic heterocycles. The fourth-order valence-corrected chi connectivity index (χ4v) is 2.29. The lowest BCUT2D eigenvalue weighted by Crippen LogP contribution is -2.56. The van der Waals surface area contributed by atoms with Crippen molar-refractivity contribution in [3.63, 3.8) is 0 Å². The minimum atomic E-state index is -0.873. The summed E-state index contributed by atoms with van der Waals surface area (Å²) in [6.07, 6.45) is 1.30. The number of likely N-dealkylation sites (tertiary alicyclic amines) is 1. The van der Waals surface area contributed by atoms with Gasteiger partial charge in [-0.05, 0) is 24.3 Å². The lowest BCUT2D eigenvalue weighted by Gasteiger charge is -2.38. The number of carbonyl (C=O) groups is 1. The lowest BCUT2D eigenvalue weighted by atomic mass is 10.1. The SMILES string of the molecule is O=C(c1ccc(F)cc1F)N1CC(Oc2ncccc2Cl)C1. The Kier molecular flexibility index (Phi) is 3.94. The Morgan fingerprint density at radius 1 is 1.32 bits per heavy atom. The molecule has 0 spiro atoms. The fourth-order valence-electron chi connectivity index (χ4n) is 2.13. The second-order valence-corrected chi connectivity index (χ2v) is 5.27. The first kappa shape index (κ1) is 14.7. The van der Waals surface area contributed by atoms with Gasteiger partial charge in [-0.1, -0.05) is 11.6 Å². The number of ether oxygens (including phenoxy) is 1. The first-order valence-corrected chi connectivity index (χ1v) is 6.94. The highest BCUT2D eigenvalue weighted by molar-refractivity contribution is 6.31. The standard InChI is InChI=1S/C15H11ClF2N2O2/c16-12-2-1-5-19-14(12)22-10-7-20(8-10)15(21)11-4-3-9(17)6-13(11)18/h1-6,10H,7-8H2. The van der Waals surface area contributed by atoms with Crippen LogP contribution in [0, 0.1) is 11.6 Å². The van der Waals surface area contributed by atoms with Gasteiger partial charge in [0, 0.05) is 12.3 Å². The van der Waals surface area contributed by atoms with E-state index in [0.717, 1.165) is 12.1 Å². The molecule has 0 saturated carbocycles. The van der Waals surface area contributed by atoms with Crippen molar-refractivity contribution in [3.05, 3.63) is 58.7 Å². The van der Waals surface area contributed by atoms with Crippen molar-refractivity contribution >= 4 is 17.5 Å². The van der Waals surface area contributed by atoms with Gasteiger partial charge in [-0.2, -0.15) is 0 Å². The van der Waals surface area contributed by atoms with Crippen molar-refractivity contribution in [3.8, 4) is 5.88 Å². The second kappa shape index (κ2) is 5.88. The molecule has 1 aliphatic rings. The van der Waals surface area contributed by atoms with Gasteiger partial charge in [-0.15, -0.1) is 0 Å². The lowest BCUT2D eigenvalue weighted by molar-refractivity contribution is 0.0157. The van der Waals surface area contributed by atoms with Crippen LogP contribution in [0.4, 0.5) is 8.78 Å². The first-order valence-electron chi connectivity index (χ1n) is 6.56. The van der Waals surface area contributed by atoms with Crippen LogP contribution in [-0.2, 0) is 0 Å². The molecule has 1 aromatic carbocycles. The van der Waals surface area contributed by atoms with Gasteiger partial charge in [0.15, 0.2) is 0 Å². The Balaban J connectivity index is 1.61. The highest BCUT2D eigenvalue weighted by Gasteiger charge is 2.34. The Bertz CT molecular complexity index is 720. The summed E-state index contributed by atoms with van der Waals surface area (Å²) in [6.45, 7) is 0.588. The van der Waals surface area contributed by atoms with Gasteiger partial charge in [0.2, 0.25) is 5.88 Å². The smallest absolute Gasteiger partial charge is 0.257 e. The van der Waals surface area contributed by atoms with Crippen molar-refractivity contribution in [1.29, 1.82) is 0 Å². The highest BCUT2D eigenvalue weighted by Crippen LogP contribution is 2.25. The van der Waals surface area contributed by atoms with Gasteiger partial charge in [-0.3, -0.25) is 4.79 Å². The molecule has 2 heterocycles. The topological polar surface area (TPSA) is 42.4 Å². The number of carbonyl (C=O) groups excluding carboxylic acids is 1. The summed E-state index contributed by atoms with van der Waals surface area (Å²) in [4.78, 5) is 17.5. The summed E-state index contributed by atoms with van der Waals surface area (Å²) in [6, 6.07) is 6.21. The monoisotopic (exact) mass is 324 g/mol. The molecule has 2 aromatic rings. The van der Waals surface area contributed by atoms with E-state index in [9.17, 15) is 13.6 Å². The summed E-state index contributed by atoms with van der Waals surface area (Å²) >= 11 is 5.93. The summed E-state index contributed by atoms with van der Waals surface area (Å²) < 4.78 is 32.0. The third-order valence-electron chi connectivity index (χ3n) is 3.30. The van der Waals surface area contributed by atoms with Crippen LogP contribution in [0.3, 0.4) is 0 Å². The highest BCUT2D eigenvalue weighted by atomic mass is 35.5. The molecule has 1 fully saturated rings. The quantitative estimate of drug-likeness (QED) is 0.872. The molecule has 7 heteroatoms. The average Bonchev–Trinajstić information content (AvgIpc) is 2.43. The molecule has 0 radical (unpaired) electrons. The maximum Gasteiger partial charge on any atom is 0.257 e. The third kappa shape index (κ3) is 2.87. The van der Waals surface area contributed by atoms with Crippen LogP contribution in [0.1, 0.15) is 10.4 Å². The molecule has 22 heavy (non-hydrogen) atoms.